The fourth-order valence-corrected chi connectivity index (χ4v) is 3.24. The van der Waals surface area contributed by atoms with Crippen LogP contribution in [0, 0.1) is 0 Å². The minimum Gasteiger partial charge on any atom is -0.268 e. The molecule has 0 saturated carbocycles. The van der Waals surface area contributed by atoms with Gasteiger partial charge in [0.25, 0.3) is 11.8 Å². The van der Waals surface area contributed by atoms with Crippen molar-refractivity contribution in [1.82, 2.24) is 4.98 Å². The Hall–Kier alpha value is -2.53. The van der Waals surface area contributed by atoms with E-state index < -0.39 is 0 Å². The first-order chi connectivity index (χ1) is 10.7. The molecule has 0 atom stereocenters. The Labute approximate surface area is 134 Å². The third-order valence-electron chi connectivity index (χ3n) is 3.69. The van der Waals surface area contributed by atoms with Gasteiger partial charge in [0, 0.05) is 21.6 Å². The standard InChI is InChI=1S/C17H9BrN2O2/c18-11-8-10-4-3-5-12-15(10)13(9-11)17(22)20(16(12)21)14-6-1-2-7-19-14/h1-9H. The number of anilines is 1. The fraction of sp³-hybridized carbons (Fsp3) is 0. The second kappa shape index (κ2) is 4.74. The van der Waals surface area contributed by atoms with Gasteiger partial charge < -0.3 is 0 Å². The molecule has 2 amide bonds. The van der Waals surface area contributed by atoms with Crippen molar-refractivity contribution < 1.29 is 9.59 Å². The molecule has 106 valence electrons. The summed E-state index contributed by atoms with van der Waals surface area (Å²) in [6, 6.07) is 14.2. The molecule has 0 N–H and O–H groups in total. The monoisotopic (exact) mass is 352 g/mol. The summed E-state index contributed by atoms with van der Waals surface area (Å²) in [6.07, 6.45) is 1.56. The summed E-state index contributed by atoms with van der Waals surface area (Å²) in [5, 5.41) is 1.57. The van der Waals surface area contributed by atoms with E-state index in [4.69, 9.17) is 0 Å². The number of hydrogen-bond donors (Lipinski definition) is 0. The van der Waals surface area contributed by atoms with E-state index in [1.807, 2.05) is 18.2 Å². The number of imide groups is 1. The lowest BCUT2D eigenvalue weighted by atomic mass is 9.94. The van der Waals surface area contributed by atoms with Crippen molar-refractivity contribution in [1.29, 1.82) is 0 Å². The van der Waals surface area contributed by atoms with E-state index in [9.17, 15) is 9.59 Å². The largest absolute Gasteiger partial charge is 0.268 e. The molecule has 2 aromatic carbocycles. The number of pyridine rings is 1. The average molecular weight is 353 g/mol. The van der Waals surface area contributed by atoms with Crippen molar-refractivity contribution in [3.05, 3.63) is 70.3 Å². The molecule has 0 aliphatic carbocycles. The van der Waals surface area contributed by atoms with Gasteiger partial charge in [-0.1, -0.05) is 34.1 Å². The van der Waals surface area contributed by atoms with E-state index in [0.717, 1.165) is 14.8 Å². The summed E-state index contributed by atoms with van der Waals surface area (Å²) >= 11 is 3.42. The Morgan fingerprint density at radius 1 is 0.909 bits per heavy atom. The van der Waals surface area contributed by atoms with Gasteiger partial charge in [-0.3, -0.25) is 9.59 Å². The van der Waals surface area contributed by atoms with Crippen molar-refractivity contribution in [2.45, 2.75) is 0 Å². The van der Waals surface area contributed by atoms with Crippen LogP contribution in [0.1, 0.15) is 20.7 Å². The highest BCUT2D eigenvalue weighted by Crippen LogP contribution is 2.34. The number of halogens is 1. The summed E-state index contributed by atoms with van der Waals surface area (Å²) < 4.78 is 0.802. The van der Waals surface area contributed by atoms with Gasteiger partial charge in [-0.25, -0.2) is 9.88 Å². The molecular formula is C17H9BrN2O2. The van der Waals surface area contributed by atoms with E-state index in [2.05, 4.69) is 20.9 Å². The number of amides is 2. The molecule has 1 aliphatic rings. The smallest absolute Gasteiger partial charge is 0.267 e. The van der Waals surface area contributed by atoms with Crippen LogP contribution in [0.2, 0.25) is 0 Å². The van der Waals surface area contributed by atoms with Gasteiger partial charge in [0.2, 0.25) is 0 Å². The molecule has 22 heavy (non-hydrogen) atoms. The zero-order valence-electron chi connectivity index (χ0n) is 11.3. The number of benzene rings is 2. The van der Waals surface area contributed by atoms with Crippen LogP contribution in [0.5, 0.6) is 0 Å². The molecule has 3 aromatic rings. The molecule has 0 unspecified atom stereocenters. The highest BCUT2D eigenvalue weighted by Gasteiger charge is 2.34. The van der Waals surface area contributed by atoms with Gasteiger partial charge >= 0.3 is 0 Å². The Bertz CT molecular complexity index is 938. The summed E-state index contributed by atoms with van der Waals surface area (Å²) in [7, 11) is 0. The maximum atomic E-state index is 12.8. The maximum Gasteiger partial charge on any atom is 0.267 e. The maximum absolute atomic E-state index is 12.8. The molecule has 4 rings (SSSR count). The number of hydrogen-bond acceptors (Lipinski definition) is 3. The molecule has 0 spiro atoms. The molecule has 1 aliphatic heterocycles. The quantitative estimate of drug-likeness (QED) is 0.626. The van der Waals surface area contributed by atoms with Crippen molar-refractivity contribution in [3.63, 3.8) is 0 Å². The van der Waals surface area contributed by atoms with Gasteiger partial charge in [-0.05, 0) is 35.7 Å². The lowest BCUT2D eigenvalue weighted by molar-refractivity contribution is 0.0892. The first kappa shape index (κ1) is 13.2. The zero-order valence-corrected chi connectivity index (χ0v) is 12.9. The van der Waals surface area contributed by atoms with Crippen molar-refractivity contribution >= 4 is 44.3 Å². The van der Waals surface area contributed by atoms with E-state index in [1.54, 1.807) is 36.5 Å². The summed E-state index contributed by atoms with van der Waals surface area (Å²) in [5.74, 6) is -0.363. The lowest BCUT2D eigenvalue weighted by Crippen LogP contribution is -2.40. The Morgan fingerprint density at radius 3 is 2.50 bits per heavy atom. The number of aromatic nitrogens is 1. The lowest BCUT2D eigenvalue weighted by Gasteiger charge is -2.26. The zero-order chi connectivity index (χ0) is 15.3. The van der Waals surface area contributed by atoms with Gasteiger partial charge in [0.1, 0.15) is 5.82 Å². The summed E-state index contributed by atoms with van der Waals surface area (Å²) in [5.41, 5.74) is 1.02. The third kappa shape index (κ3) is 1.79. The van der Waals surface area contributed by atoms with Crippen LogP contribution < -0.4 is 4.90 Å². The predicted molar refractivity (Wildman–Crippen MR) is 87.0 cm³/mol. The van der Waals surface area contributed by atoms with Gasteiger partial charge in [0.05, 0.1) is 5.56 Å². The Kier molecular flexibility index (Phi) is 2.84. The Morgan fingerprint density at radius 2 is 1.73 bits per heavy atom. The molecular weight excluding hydrogens is 344 g/mol. The Balaban J connectivity index is 2.04. The van der Waals surface area contributed by atoms with Crippen LogP contribution in [-0.2, 0) is 0 Å². The van der Waals surface area contributed by atoms with Crippen LogP contribution in [0.25, 0.3) is 10.8 Å². The number of carbonyl (C=O) groups excluding carboxylic acids is 2. The van der Waals surface area contributed by atoms with Crippen molar-refractivity contribution in [2.75, 3.05) is 4.90 Å². The number of carbonyl (C=O) groups is 2. The number of rotatable bonds is 1. The molecule has 0 saturated heterocycles. The second-order valence-corrected chi connectivity index (χ2v) is 5.91. The van der Waals surface area contributed by atoms with Gasteiger partial charge in [-0.15, -0.1) is 0 Å². The average Bonchev–Trinajstić information content (AvgIpc) is 2.53. The molecule has 0 bridgehead atoms. The highest BCUT2D eigenvalue weighted by atomic mass is 79.9. The SMILES string of the molecule is O=C1c2cccc3cc(Br)cc(c23)C(=O)N1c1ccccn1. The van der Waals surface area contributed by atoms with Crippen LogP contribution in [-0.4, -0.2) is 16.8 Å². The van der Waals surface area contributed by atoms with Gasteiger partial charge in [0.15, 0.2) is 0 Å². The fourth-order valence-electron chi connectivity index (χ4n) is 2.77. The van der Waals surface area contributed by atoms with E-state index in [1.165, 1.54) is 0 Å². The molecule has 5 heteroatoms. The predicted octanol–water partition coefficient (Wildman–Crippen LogP) is 3.80. The first-order valence-electron chi connectivity index (χ1n) is 6.69. The van der Waals surface area contributed by atoms with Gasteiger partial charge in [-0.2, -0.15) is 0 Å². The van der Waals surface area contributed by atoms with Crippen LogP contribution in [0.4, 0.5) is 5.82 Å². The highest BCUT2D eigenvalue weighted by molar-refractivity contribution is 9.10. The van der Waals surface area contributed by atoms with E-state index in [-0.39, 0.29) is 11.8 Å². The second-order valence-electron chi connectivity index (χ2n) is 4.99. The molecule has 4 nitrogen and oxygen atoms in total. The first-order valence-corrected chi connectivity index (χ1v) is 7.48. The van der Waals surface area contributed by atoms with E-state index in [0.29, 0.717) is 22.3 Å². The van der Waals surface area contributed by atoms with Crippen LogP contribution in [0.15, 0.2) is 59.2 Å². The van der Waals surface area contributed by atoms with E-state index >= 15 is 0 Å². The van der Waals surface area contributed by atoms with Crippen LogP contribution in [0.3, 0.4) is 0 Å². The minimum atomic E-state index is -0.353. The third-order valence-corrected chi connectivity index (χ3v) is 4.14. The summed E-state index contributed by atoms with van der Waals surface area (Å²) in [6.45, 7) is 0. The topological polar surface area (TPSA) is 50.3 Å². The van der Waals surface area contributed by atoms with Crippen molar-refractivity contribution in [3.8, 4) is 0 Å². The molecule has 0 fully saturated rings. The molecule has 2 heterocycles. The summed E-state index contributed by atoms with van der Waals surface area (Å²) in [4.78, 5) is 30.8. The van der Waals surface area contributed by atoms with Crippen molar-refractivity contribution in [2.24, 2.45) is 0 Å². The minimum absolute atomic E-state index is 0.333. The number of nitrogens with zero attached hydrogens (tertiary/aromatic N) is 2. The van der Waals surface area contributed by atoms with Crippen LogP contribution >= 0.6 is 15.9 Å². The normalized spacial score (nSPS) is 13.8. The molecule has 1 aromatic heterocycles. The molecule has 0 radical (unpaired) electrons.